The first-order chi connectivity index (χ1) is 11.2. The molecule has 0 bridgehead atoms. The normalized spacial score (nSPS) is 13.3. The number of thiazole rings is 1. The van der Waals surface area contributed by atoms with Gasteiger partial charge in [0.15, 0.2) is 5.76 Å². The van der Waals surface area contributed by atoms with Crippen molar-refractivity contribution in [1.82, 2.24) is 4.57 Å². The van der Waals surface area contributed by atoms with E-state index in [-0.39, 0.29) is 0 Å². The zero-order chi connectivity index (χ0) is 15.8. The molecule has 0 amide bonds. The van der Waals surface area contributed by atoms with Gasteiger partial charge in [0.05, 0.1) is 10.2 Å². The van der Waals surface area contributed by atoms with Crippen molar-refractivity contribution in [3.63, 3.8) is 0 Å². The standard InChI is InChI=1S/C18H15N3OS/c1-12(16-11-13-7-3-5-9-15(13)22-16)19-20-18-21(2)14-8-4-6-10-17(14)23-18/h3-11H,1-2H3/b19-12+,20-18+. The first-order valence-electron chi connectivity index (χ1n) is 7.34. The van der Waals surface area contributed by atoms with E-state index in [1.807, 2.05) is 56.4 Å². The molecule has 0 N–H and O–H groups in total. The van der Waals surface area contributed by atoms with Gasteiger partial charge >= 0.3 is 0 Å². The van der Waals surface area contributed by atoms with Crippen molar-refractivity contribution < 1.29 is 4.42 Å². The molecule has 0 unspecified atom stereocenters. The van der Waals surface area contributed by atoms with Gasteiger partial charge in [-0.25, -0.2) is 0 Å². The lowest BCUT2D eigenvalue weighted by Crippen LogP contribution is -2.09. The summed E-state index contributed by atoms with van der Waals surface area (Å²) in [4.78, 5) is 0.863. The number of aromatic nitrogens is 1. The highest BCUT2D eigenvalue weighted by molar-refractivity contribution is 7.16. The maximum Gasteiger partial charge on any atom is 0.211 e. The second-order valence-electron chi connectivity index (χ2n) is 5.35. The van der Waals surface area contributed by atoms with Crippen molar-refractivity contribution in [1.29, 1.82) is 0 Å². The van der Waals surface area contributed by atoms with E-state index in [0.29, 0.717) is 0 Å². The Morgan fingerprint density at radius 3 is 2.70 bits per heavy atom. The zero-order valence-electron chi connectivity index (χ0n) is 12.9. The van der Waals surface area contributed by atoms with Crippen LogP contribution in [0.2, 0.25) is 0 Å². The molecule has 0 aliphatic carbocycles. The number of para-hydroxylation sites is 2. The molecule has 0 aliphatic heterocycles. The third-order valence-corrected chi connectivity index (χ3v) is 4.89. The lowest BCUT2D eigenvalue weighted by atomic mass is 10.2. The van der Waals surface area contributed by atoms with Gasteiger partial charge in [-0.1, -0.05) is 41.7 Å². The molecule has 0 aliphatic rings. The quantitative estimate of drug-likeness (QED) is 0.401. The van der Waals surface area contributed by atoms with Gasteiger partial charge in [0.2, 0.25) is 4.80 Å². The lowest BCUT2D eigenvalue weighted by Gasteiger charge is -1.93. The van der Waals surface area contributed by atoms with Crippen molar-refractivity contribution in [2.75, 3.05) is 0 Å². The van der Waals surface area contributed by atoms with Gasteiger partial charge in [-0.05, 0) is 31.2 Å². The van der Waals surface area contributed by atoms with Crippen LogP contribution < -0.4 is 4.80 Å². The van der Waals surface area contributed by atoms with Gasteiger partial charge in [-0.3, -0.25) is 0 Å². The molecule has 2 heterocycles. The fraction of sp³-hybridized carbons (Fsp3) is 0.111. The van der Waals surface area contributed by atoms with Gasteiger partial charge < -0.3 is 8.98 Å². The number of fused-ring (bicyclic) bond motifs is 2. The molecule has 4 aromatic rings. The third-order valence-electron chi connectivity index (χ3n) is 3.78. The highest BCUT2D eigenvalue weighted by atomic mass is 32.1. The Hall–Kier alpha value is -2.66. The van der Waals surface area contributed by atoms with Gasteiger partial charge in [-0.15, -0.1) is 10.2 Å². The first kappa shape index (κ1) is 14.0. The largest absolute Gasteiger partial charge is 0.455 e. The van der Waals surface area contributed by atoms with E-state index < -0.39 is 0 Å². The minimum absolute atomic E-state index is 0.749. The second kappa shape index (κ2) is 5.52. The van der Waals surface area contributed by atoms with Gasteiger partial charge in [0.1, 0.15) is 11.3 Å². The summed E-state index contributed by atoms with van der Waals surface area (Å²) in [6.45, 7) is 1.91. The molecule has 5 heteroatoms. The highest BCUT2D eigenvalue weighted by Gasteiger charge is 2.06. The van der Waals surface area contributed by atoms with Crippen LogP contribution in [-0.2, 0) is 7.05 Å². The van der Waals surface area contributed by atoms with Crippen LogP contribution in [0, 0.1) is 0 Å². The molecule has 4 rings (SSSR count). The number of furan rings is 1. The van der Waals surface area contributed by atoms with Crippen LogP contribution in [-0.4, -0.2) is 10.3 Å². The Bertz CT molecular complexity index is 1070. The highest BCUT2D eigenvalue weighted by Crippen LogP contribution is 2.19. The average molecular weight is 321 g/mol. The molecule has 0 saturated carbocycles. The molecule has 23 heavy (non-hydrogen) atoms. The maximum atomic E-state index is 5.81. The van der Waals surface area contributed by atoms with Crippen LogP contribution in [0.1, 0.15) is 12.7 Å². The van der Waals surface area contributed by atoms with E-state index >= 15 is 0 Å². The first-order valence-corrected chi connectivity index (χ1v) is 8.16. The van der Waals surface area contributed by atoms with E-state index in [1.54, 1.807) is 11.3 Å². The summed E-state index contributed by atoms with van der Waals surface area (Å²) < 4.78 is 9.06. The molecule has 2 aromatic carbocycles. The summed E-state index contributed by atoms with van der Waals surface area (Å²) in [7, 11) is 2.00. The Balaban J connectivity index is 1.77. The maximum absolute atomic E-state index is 5.81. The molecule has 2 aromatic heterocycles. The van der Waals surface area contributed by atoms with Crippen molar-refractivity contribution in [2.45, 2.75) is 6.92 Å². The summed E-state index contributed by atoms with van der Waals surface area (Å²) in [5.41, 5.74) is 2.79. The average Bonchev–Trinajstić information content (AvgIpc) is 3.15. The van der Waals surface area contributed by atoms with E-state index in [1.165, 1.54) is 4.70 Å². The predicted octanol–water partition coefficient (Wildman–Crippen LogP) is 4.31. The number of aryl methyl sites for hydroxylation is 1. The van der Waals surface area contributed by atoms with E-state index in [2.05, 4.69) is 26.9 Å². The van der Waals surface area contributed by atoms with Crippen molar-refractivity contribution in [3.05, 3.63) is 65.2 Å². The van der Waals surface area contributed by atoms with Crippen LogP contribution in [0.5, 0.6) is 0 Å². The van der Waals surface area contributed by atoms with Crippen LogP contribution >= 0.6 is 11.3 Å². The fourth-order valence-corrected chi connectivity index (χ4v) is 3.47. The molecule has 4 nitrogen and oxygen atoms in total. The molecule has 0 spiro atoms. The second-order valence-corrected chi connectivity index (χ2v) is 6.35. The van der Waals surface area contributed by atoms with E-state index in [9.17, 15) is 0 Å². The monoisotopic (exact) mass is 321 g/mol. The molecule has 0 fully saturated rings. The molecule has 0 saturated heterocycles. The van der Waals surface area contributed by atoms with E-state index in [0.717, 1.165) is 32.8 Å². The van der Waals surface area contributed by atoms with Crippen LogP contribution in [0.3, 0.4) is 0 Å². The van der Waals surface area contributed by atoms with Crippen molar-refractivity contribution in [2.24, 2.45) is 17.3 Å². The number of benzene rings is 2. The summed E-state index contributed by atoms with van der Waals surface area (Å²) in [5.74, 6) is 0.749. The Morgan fingerprint density at radius 2 is 1.87 bits per heavy atom. The number of nitrogens with zero attached hydrogens (tertiary/aromatic N) is 3. The SMILES string of the molecule is C/C(=N\N=c1\sc2ccccc2n1C)c1cc2ccccc2o1. The molecular weight excluding hydrogens is 306 g/mol. The predicted molar refractivity (Wildman–Crippen MR) is 94.8 cm³/mol. The van der Waals surface area contributed by atoms with Gasteiger partial charge in [0.25, 0.3) is 0 Å². The van der Waals surface area contributed by atoms with Gasteiger partial charge in [-0.2, -0.15) is 0 Å². The summed E-state index contributed by atoms with van der Waals surface area (Å²) in [6.07, 6.45) is 0. The Labute approximate surface area is 137 Å². The molecular formula is C18H15N3OS. The number of rotatable bonds is 2. The molecule has 0 atom stereocenters. The molecule has 114 valence electrons. The summed E-state index contributed by atoms with van der Waals surface area (Å²) >= 11 is 1.62. The summed E-state index contributed by atoms with van der Waals surface area (Å²) in [6, 6.07) is 18.2. The minimum Gasteiger partial charge on any atom is -0.455 e. The smallest absolute Gasteiger partial charge is 0.211 e. The third kappa shape index (κ3) is 2.49. The summed E-state index contributed by atoms with van der Waals surface area (Å²) in [5, 5.41) is 9.83. The van der Waals surface area contributed by atoms with Crippen molar-refractivity contribution in [3.8, 4) is 0 Å². The van der Waals surface area contributed by atoms with Crippen LogP contribution in [0.25, 0.3) is 21.2 Å². The molecule has 0 radical (unpaired) electrons. The lowest BCUT2D eigenvalue weighted by molar-refractivity contribution is 0.604. The van der Waals surface area contributed by atoms with Crippen molar-refractivity contribution >= 4 is 38.2 Å². The topological polar surface area (TPSA) is 42.8 Å². The van der Waals surface area contributed by atoms with Gasteiger partial charge in [0, 0.05) is 12.4 Å². The minimum atomic E-state index is 0.749. The van der Waals surface area contributed by atoms with Crippen LogP contribution in [0.4, 0.5) is 0 Å². The Kier molecular flexibility index (Phi) is 3.35. The number of hydrogen-bond donors (Lipinski definition) is 0. The Morgan fingerprint density at radius 1 is 1.09 bits per heavy atom. The fourth-order valence-electron chi connectivity index (χ4n) is 2.51. The number of hydrogen-bond acceptors (Lipinski definition) is 4. The van der Waals surface area contributed by atoms with E-state index in [4.69, 9.17) is 4.42 Å². The van der Waals surface area contributed by atoms with Crippen LogP contribution in [0.15, 0.2) is 69.2 Å². The zero-order valence-corrected chi connectivity index (χ0v) is 13.7.